The average Bonchev–Trinajstić information content (AvgIpc) is 3.46. The number of carbonyl (C=O) groups excluding carboxylic acids is 2. The van der Waals surface area contributed by atoms with Crippen LogP contribution in [0.1, 0.15) is 0 Å². The fourth-order valence-corrected chi connectivity index (χ4v) is 6.10. The van der Waals surface area contributed by atoms with Crippen molar-refractivity contribution < 1.29 is 9.59 Å². The quantitative estimate of drug-likeness (QED) is 0.193. The molecule has 4 aromatic rings. The maximum Gasteiger partial charge on any atom is 0.234 e. The number of aromatic nitrogens is 4. The van der Waals surface area contributed by atoms with E-state index in [1.165, 1.54) is 46.2 Å². The van der Waals surface area contributed by atoms with Crippen molar-refractivity contribution in [1.82, 2.24) is 20.4 Å². The van der Waals surface area contributed by atoms with Crippen molar-refractivity contribution in [3.63, 3.8) is 0 Å². The molecule has 0 fully saturated rings. The summed E-state index contributed by atoms with van der Waals surface area (Å²) in [4.78, 5) is 24.5. The molecule has 0 saturated carbocycles. The monoisotopic (exact) mass is 598 g/mol. The van der Waals surface area contributed by atoms with Gasteiger partial charge in [0.25, 0.3) is 0 Å². The highest BCUT2D eigenvalue weighted by Gasteiger charge is 2.13. The van der Waals surface area contributed by atoms with E-state index in [1.54, 1.807) is 24.3 Å². The maximum absolute atomic E-state index is 12.3. The van der Waals surface area contributed by atoms with Crippen molar-refractivity contribution in [3.8, 4) is 11.1 Å². The van der Waals surface area contributed by atoms with Gasteiger partial charge in [0.1, 0.15) is 0 Å². The number of anilines is 4. The lowest BCUT2D eigenvalue weighted by molar-refractivity contribution is -0.114. The van der Waals surface area contributed by atoms with Gasteiger partial charge in [0.05, 0.1) is 32.9 Å². The van der Waals surface area contributed by atoms with Gasteiger partial charge in [-0.3, -0.25) is 9.59 Å². The fourth-order valence-electron chi connectivity index (χ4n) is 2.78. The second kappa shape index (κ2) is 12.1. The normalized spacial score (nSPS) is 10.8. The van der Waals surface area contributed by atoms with E-state index < -0.39 is 0 Å². The molecular formula is C20H16Cl2N8O2S4. The number of benzene rings is 2. The molecule has 36 heavy (non-hydrogen) atoms. The van der Waals surface area contributed by atoms with Crippen LogP contribution in [0.3, 0.4) is 0 Å². The number of thioether (sulfide) groups is 2. The molecule has 4 rings (SSSR count). The van der Waals surface area contributed by atoms with Gasteiger partial charge in [0.2, 0.25) is 22.1 Å². The first-order valence-corrected chi connectivity index (χ1v) is 14.3. The molecule has 0 aliphatic rings. The lowest BCUT2D eigenvalue weighted by atomic mass is 10.0. The minimum absolute atomic E-state index is 0.142. The number of hydrogen-bond donors (Lipinski definition) is 4. The summed E-state index contributed by atoms with van der Waals surface area (Å²) in [6.45, 7) is 0. The third kappa shape index (κ3) is 7.21. The summed E-state index contributed by atoms with van der Waals surface area (Å²) in [5, 5.41) is 22.1. The number of amides is 2. The van der Waals surface area contributed by atoms with E-state index in [0.717, 1.165) is 11.1 Å². The molecule has 2 aromatic carbocycles. The zero-order valence-corrected chi connectivity index (χ0v) is 22.8. The Morgan fingerprint density at radius 3 is 1.50 bits per heavy atom. The van der Waals surface area contributed by atoms with Crippen LogP contribution in [-0.2, 0) is 9.59 Å². The van der Waals surface area contributed by atoms with E-state index in [9.17, 15) is 9.59 Å². The summed E-state index contributed by atoms with van der Waals surface area (Å²) >= 11 is 17.7. The minimum Gasteiger partial charge on any atom is -0.374 e. The van der Waals surface area contributed by atoms with Gasteiger partial charge < -0.3 is 22.1 Å². The molecule has 2 amide bonds. The Balaban J connectivity index is 1.34. The van der Waals surface area contributed by atoms with Crippen LogP contribution < -0.4 is 22.1 Å². The number of nitrogens with zero attached hydrogens (tertiary/aromatic N) is 4. The predicted molar refractivity (Wildman–Crippen MR) is 149 cm³/mol. The van der Waals surface area contributed by atoms with Crippen molar-refractivity contribution in [2.24, 2.45) is 0 Å². The molecule has 0 unspecified atom stereocenters. The number of halogens is 2. The van der Waals surface area contributed by atoms with Crippen LogP contribution >= 0.6 is 69.4 Å². The highest BCUT2D eigenvalue weighted by molar-refractivity contribution is 8.02. The van der Waals surface area contributed by atoms with Crippen LogP contribution in [0.25, 0.3) is 11.1 Å². The van der Waals surface area contributed by atoms with Gasteiger partial charge in [-0.2, -0.15) is 0 Å². The van der Waals surface area contributed by atoms with Crippen LogP contribution in [0.5, 0.6) is 0 Å². The van der Waals surface area contributed by atoms with E-state index in [2.05, 4.69) is 31.0 Å². The summed E-state index contributed by atoms with van der Waals surface area (Å²) in [7, 11) is 0. The average molecular weight is 600 g/mol. The lowest BCUT2D eigenvalue weighted by Gasteiger charge is -2.11. The molecule has 0 atom stereocenters. The molecule has 2 aromatic heterocycles. The standard InChI is InChI=1S/C20H16Cl2N8O2S4/c21-11-5-9(1-3-13(11)25-15(31)7-33-19-29-27-17(23)35-19)10-2-4-14(12(22)6-10)26-16(32)8-34-20-30-28-18(24)36-20/h1-6H,7-8H2,(H2,23,27)(H2,24,28)(H,25,31)(H,26,32). The number of nitrogen functional groups attached to an aromatic ring is 2. The van der Waals surface area contributed by atoms with E-state index in [4.69, 9.17) is 34.7 Å². The molecule has 16 heteroatoms. The molecule has 2 heterocycles. The van der Waals surface area contributed by atoms with Gasteiger partial charge in [-0.05, 0) is 35.4 Å². The SMILES string of the molecule is Nc1nnc(SCC(=O)Nc2ccc(-c3ccc(NC(=O)CSc4nnc(N)s4)c(Cl)c3)cc2Cl)s1. The number of hydrogen-bond acceptors (Lipinski definition) is 12. The van der Waals surface area contributed by atoms with Gasteiger partial charge in [-0.25, -0.2) is 0 Å². The number of carbonyl (C=O) groups is 2. The van der Waals surface area contributed by atoms with E-state index >= 15 is 0 Å². The van der Waals surface area contributed by atoms with Crippen LogP contribution in [0.4, 0.5) is 21.6 Å². The Kier molecular flexibility index (Phi) is 8.87. The largest absolute Gasteiger partial charge is 0.374 e. The van der Waals surface area contributed by atoms with Gasteiger partial charge in [0.15, 0.2) is 8.68 Å². The summed E-state index contributed by atoms with van der Waals surface area (Å²) in [5.41, 5.74) is 13.6. The lowest BCUT2D eigenvalue weighted by Crippen LogP contribution is -2.14. The van der Waals surface area contributed by atoms with Gasteiger partial charge >= 0.3 is 0 Å². The van der Waals surface area contributed by atoms with Crippen molar-refractivity contribution in [2.75, 3.05) is 33.6 Å². The topological polar surface area (TPSA) is 162 Å². The highest BCUT2D eigenvalue weighted by Crippen LogP contribution is 2.33. The van der Waals surface area contributed by atoms with Crippen molar-refractivity contribution >= 4 is 103 Å². The Labute approximate surface area is 231 Å². The molecular weight excluding hydrogens is 583 g/mol. The second-order valence-corrected chi connectivity index (χ2v) is 12.2. The van der Waals surface area contributed by atoms with Gasteiger partial charge in [-0.1, -0.05) is 81.5 Å². The first-order valence-electron chi connectivity index (χ1n) is 9.89. The number of nitrogens with one attached hydrogen (secondary N) is 2. The maximum atomic E-state index is 12.3. The Bertz CT molecular complexity index is 1310. The smallest absolute Gasteiger partial charge is 0.234 e. The zero-order valence-electron chi connectivity index (χ0n) is 18.0. The first kappa shape index (κ1) is 26.4. The Hall–Kier alpha value is -2.62. The zero-order chi connectivity index (χ0) is 25.7. The molecule has 0 saturated heterocycles. The first-order chi connectivity index (χ1) is 17.3. The molecule has 0 bridgehead atoms. The van der Waals surface area contributed by atoms with E-state index in [1.807, 2.05) is 12.1 Å². The Morgan fingerprint density at radius 2 is 1.17 bits per heavy atom. The summed E-state index contributed by atoms with van der Waals surface area (Å²) in [6.07, 6.45) is 0. The molecule has 0 aliphatic carbocycles. The third-order valence-corrected chi connectivity index (χ3v) is 8.71. The van der Waals surface area contributed by atoms with E-state index in [-0.39, 0.29) is 23.3 Å². The molecule has 0 aliphatic heterocycles. The van der Waals surface area contributed by atoms with E-state index in [0.29, 0.717) is 40.4 Å². The molecule has 6 N–H and O–H groups in total. The van der Waals surface area contributed by atoms with Crippen LogP contribution in [0.2, 0.25) is 10.0 Å². The van der Waals surface area contributed by atoms with Crippen LogP contribution in [-0.4, -0.2) is 43.7 Å². The second-order valence-electron chi connectivity index (χ2n) is 6.88. The predicted octanol–water partition coefficient (Wildman–Crippen LogP) is 4.99. The van der Waals surface area contributed by atoms with Gasteiger partial charge in [0, 0.05) is 0 Å². The van der Waals surface area contributed by atoms with Crippen molar-refractivity contribution in [1.29, 1.82) is 0 Å². The minimum atomic E-state index is -0.237. The van der Waals surface area contributed by atoms with Gasteiger partial charge in [-0.15, -0.1) is 20.4 Å². The van der Waals surface area contributed by atoms with Crippen molar-refractivity contribution in [2.45, 2.75) is 8.68 Å². The number of rotatable bonds is 9. The highest BCUT2D eigenvalue weighted by atomic mass is 35.5. The Morgan fingerprint density at radius 1 is 0.750 bits per heavy atom. The number of nitrogens with two attached hydrogens (primary N) is 2. The summed E-state index contributed by atoms with van der Waals surface area (Å²) < 4.78 is 1.22. The molecule has 0 spiro atoms. The molecule has 10 nitrogen and oxygen atoms in total. The summed E-state index contributed by atoms with van der Waals surface area (Å²) in [6, 6.07) is 10.5. The van der Waals surface area contributed by atoms with Crippen LogP contribution in [0, 0.1) is 0 Å². The molecule has 186 valence electrons. The molecule has 0 radical (unpaired) electrons. The third-order valence-electron chi connectivity index (χ3n) is 4.32. The fraction of sp³-hybridized carbons (Fsp3) is 0.100. The van der Waals surface area contributed by atoms with Crippen molar-refractivity contribution in [3.05, 3.63) is 46.4 Å². The van der Waals surface area contributed by atoms with Crippen LogP contribution in [0.15, 0.2) is 45.1 Å². The summed E-state index contributed by atoms with van der Waals surface area (Å²) in [5.74, 6) is -0.190.